The number of carbonyl (C=O) groups is 1. The number of rotatable bonds is 7. The molecule has 174 valence electrons. The molecule has 0 N–H and O–H groups in total. The van der Waals surface area contributed by atoms with Crippen LogP contribution in [0.4, 0.5) is 0 Å². The van der Waals surface area contributed by atoms with Crippen molar-refractivity contribution in [2.24, 2.45) is 5.92 Å². The highest BCUT2D eigenvalue weighted by molar-refractivity contribution is 6.30. The minimum Gasteiger partial charge on any atom is -0.424 e. The molecule has 0 radical (unpaired) electrons. The first-order valence-corrected chi connectivity index (χ1v) is 10.3. The van der Waals surface area contributed by atoms with Gasteiger partial charge in [-0.2, -0.15) is 0 Å². The van der Waals surface area contributed by atoms with Crippen LogP contribution in [-0.2, 0) is 25.8 Å². The van der Waals surface area contributed by atoms with E-state index in [4.69, 9.17) is 21.1 Å². The van der Waals surface area contributed by atoms with Crippen molar-refractivity contribution in [1.29, 1.82) is 0 Å². The molecular weight excluding hydrogens is 462 g/mol. The Morgan fingerprint density at radius 3 is 2.30 bits per heavy atom. The summed E-state index contributed by atoms with van der Waals surface area (Å²) in [5.41, 5.74) is 2.71. The van der Waals surface area contributed by atoms with Crippen molar-refractivity contribution in [3.8, 4) is 5.75 Å². The number of hydrogen-bond donors (Lipinski definition) is 0. The normalized spacial score (nSPS) is 21.9. The molecular formula is C20H18ClN3O9. The lowest BCUT2D eigenvalue weighted by atomic mass is 10.00. The maximum Gasteiger partial charge on any atom is 0.314 e. The zero-order valence-corrected chi connectivity index (χ0v) is 18.0. The zero-order valence-electron chi connectivity index (χ0n) is 17.2. The van der Waals surface area contributed by atoms with E-state index in [1.54, 1.807) is 25.3 Å². The van der Waals surface area contributed by atoms with Gasteiger partial charge in [0.1, 0.15) is 18.3 Å². The van der Waals surface area contributed by atoms with E-state index < -0.39 is 40.4 Å². The number of benzene rings is 1. The number of nitrogens with zero attached hydrogens (tertiary/aromatic N) is 3. The molecule has 2 heterocycles. The van der Waals surface area contributed by atoms with Crippen LogP contribution in [0.25, 0.3) is 0 Å². The number of hydrogen-bond acceptors (Lipinski definition) is 10. The van der Waals surface area contributed by atoms with E-state index >= 15 is 0 Å². The van der Waals surface area contributed by atoms with Gasteiger partial charge in [0.15, 0.2) is 5.75 Å². The van der Waals surface area contributed by atoms with E-state index in [1.807, 2.05) is 12.1 Å². The third kappa shape index (κ3) is 4.81. The number of aryl methyl sites for hydroxylation is 1. The van der Waals surface area contributed by atoms with E-state index in [1.165, 1.54) is 0 Å². The molecule has 1 aromatic heterocycles. The van der Waals surface area contributed by atoms with E-state index in [9.17, 15) is 25.0 Å². The molecule has 1 aliphatic heterocycles. The first-order valence-electron chi connectivity index (χ1n) is 9.92. The van der Waals surface area contributed by atoms with Gasteiger partial charge in [-0.3, -0.25) is 9.78 Å². The smallest absolute Gasteiger partial charge is 0.314 e. The number of aromatic nitrogens is 1. The summed E-state index contributed by atoms with van der Waals surface area (Å²) in [5, 5.41) is 19.9. The fraction of sp³-hybridized carbons (Fsp3) is 0.400. The van der Waals surface area contributed by atoms with Crippen molar-refractivity contribution in [2.45, 2.75) is 44.7 Å². The van der Waals surface area contributed by atoms with Gasteiger partial charge in [-0.05, 0) is 37.5 Å². The Labute approximate surface area is 191 Å². The number of halogens is 1. The number of carbonyl (C=O) groups excluding carboxylic acids is 1. The van der Waals surface area contributed by atoms with Gasteiger partial charge in [-0.15, -0.1) is 20.2 Å². The first kappa shape index (κ1) is 22.7. The molecule has 1 aromatic carbocycles. The first-order chi connectivity index (χ1) is 15.7. The van der Waals surface area contributed by atoms with Gasteiger partial charge in [0.25, 0.3) is 10.2 Å². The molecule has 1 saturated carbocycles. The van der Waals surface area contributed by atoms with Crippen molar-refractivity contribution >= 4 is 17.6 Å². The van der Waals surface area contributed by atoms with Crippen LogP contribution in [0.2, 0.25) is 5.02 Å². The predicted octanol–water partition coefficient (Wildman–Crippen LogP) is 3.13. The van der Waals surface area contributed by atoms with Crippen molar-refractivity contribution in [1.82, 2.24) is 4.98 Å². The fourth-order valence-corrected chi connectivity index (χ4v) is 4.24. The Bertz CT molecular complexity index is 1070. The Hall–Kier alpha value is -3.51. The van der Waals surface area contributed by atoms with Gasteiger partial charge in [0.2, 0.25) is 0 Å². The second kappa shape index (κ2) is 9.16. The fourth-order valence-electron chi connectivity index (χ4n) is 4.11. The number of pyridine rings is 1. The summed E-state index contributed by atoms with van der Waals surface area (Å²) in [7, 11) is 0. The third-order valence-corrected chi connectivity index (χ3v) is 5.88. The maximum atomic E-state index is 12.9. The van der Waals surface area contributed by atoms with Gasteiger partial charge >= 0.3 is 5.97 Å². The molecule has 0 unspecified atom stereocenters. The van der Waals surface area contributed by atoms with Crippen molar-refractivity contribution in [3.05, 3.63) is 78.1 Å². The molecule has 3 atom stereocenters. The van der Waals surface area contributed by atoms with Gasteiger partial charge in [-0.25, -0.2) is 0 Å². The monoisotopic (exact) mass is 479 g/mol. The lowest BCUT2D eigenvalue weighted by Crippen LogP contribution is -2.30. The molecule has 33 heavy (non-hydrogen) atoms. The van der Waals surface area contributed by atoms with E-state index in [0.717, 1.165) is 11.1 Å². The molecule has 4 rings (SSSR count). The molecule has 0 spiro atoms. The molecule has 2 aromatic rings. The molecule has 13 heteroatoms. The Morgan fingerprint density at radius 1 is 1.12 bits per heavy atom. The van der Waals surface area contributed by atoms with Crippen LogP contribution in [0, 0.1) is 33.1 Å². The van der Waals surface area contributed by atoms with Crippen molar-refractivity contribution in [3.63, 3.8) is 0 Å². The largest absolute Gasteiger partial charge is 0.424 e. The summed E-state index contributed by atoms with van der Waals surface area (Å²) < 4.78 is 11.5. The number of esters is 1. The van der Waals surface area contributed by atoms with Crippen molar-refractivity contribution < 1.29 is 34.1 Å². The molecule has 1 aliphatic carbocycles. The summed E-state index contributed by atoms with van der Waals surface area (Å²) in [6.45, 7) is 1.85. The standard InChI is InChI=1S/C20H18ClN3O9/c1-10-18(15-9-30-19(14(15)8-22-10)11-2-4-13(21)5-3-11)31-20(25)12-6-16(32-23(26)27)17(7-12)33-24(28)29/h2-5,8,12,16-17,19H,6-7,9H2,1H3/t16-,17-,19-/m1/s1. The van der Waals surface area contributed by atoms with Gasteiger partial charge in [-0.1, -0.05) is 23.7 Å². The number of ether oxygens (including phenoxy) is 2. The predicted molar refractivity (Wildman–Crippen MR) is 109 cm³/mol. The highest BCUT2D eigenvalue weighted by Crippen LogP contribution is 2.42. The van der Waals surface area contributed by atoms with E-state index in [-0.39, 0.29) is 25.2 Å². The molecule has 2 aliphatic rings. The van der Waals surface area contributed by atoms with Gasteiger partial charge in [0, 0.05) is 22.3 Å². The van der Waals surface area contributed by atoms with Crippen LogP contribution in [0.1, 0.15) is 41.3 Å². The Kier molecular flexibility index (Phi) is 6.29. The lowest BCUT2D eigenvalue weighted by Gasteiger charge is -2.15. The van der Waals surface area contributed by atoms with Gasteiger partial charge < -0.3 is 19.1 Å². The topological polar surface area (TPSA) is 153 Å². The average Bonchev–Trinajstić information content (AvgIpc) is 3.34. The minimum atomic E-state index is -1.26. The highest BCUT2D eigenvalue weighted by atomic mass is 35.5. The quantitative estimate of drug-likeness (QED) is 0.328. The summed E-state index contributed by atoms with van der Waals surface area (Å²) >= 11 is 5.96. The van der Waals surface area contributed by atoms with Gasteiger partial charge in [0.05, 0.1) is 18.2 Å². The second-order valence-corrected chi connectivity index (χ2v) is 8.11. The van der Waals surface area contributed by atoms with E-state index in [2.05, 4.69) is 14.7 Å². The summed E-state index contributed by atoms with van der Waals surface area (Å²) in [4.78, 5) is 47.5. The molecule has 0 saturated heterocycles. The Balaban J connectivity index is 1.53. The van der Waals surface area contributed by atoms with Crippen molar-refractivity contribution in [2.75, 3.05) is 0 Å². The highest BCUT2D eigenvalue weighted by Gasteiger charge is 2.44. The Morgan fingerprint density at radius 2 is 1.73 bits per heavy atom. The summed E-state index contributed by atoms with van der Waals surface area (Å²) in [5.74, 6) is -1.38. The van der Waals surface area contributed by atoms with Crippen LogP contribution in [0.3, 0.4) is 0 Å². The van der Waals surface area contributed by atoms with Crippen LogP contribution < -0.4 is 4.74 Å². The summed E-state index contributed by atoms with van der Waals surface area (Å²) in [6.07, 6.45) is -1.60. The average molecular weight is 480 g/mol. The van der Waals surface area contributed by atoms with Crippen LogP contribution >= 0.6 is 11.6 Å². The molecule has 1 fully saturated rings. The maximum absolute atomic E-state index is 12.9. The van der Waals surface area contributed by atoms with E-state index in [0.29, 0.717) is 16.3 Å². The molecule has 12 nitrogen and oxygen atoms in total. The third-order valence-electron chi connectivity index (χ3n) is 5.63. The van der Waals surface area contributed by atoms with Crippen LogP contribution in [-0.4, -0.2) is 33.3 Å². The second-order valence-electron chi connectivity index (χ2n) is 7.67. The summed E-state index contributed by atoms with van der Waals surface area (Å²) in [6, 6.07) is 7.15. The SMILES string of the molecule is Cc1ncc2c(c1OC(=O)C1C[C@@H](O[N+](=O)[O-])[C@H](O[N+](=O)[O-])C1)CO[C@@H]2c1ccc(Cl)cc1. The lowest BCUT2D eigenvalue weighted by molar-refractivity contribution is -0.797. The molecule has 0 amide bonds. The van der Waals surface area contributed by atoms with Crippen LogP contribution in [0.15, 0.2) is 30.5 Å². The number of fused-ring (bicyclic) bond motifs is 1. The minimum absolute atomic E-state index is 0.163. The molecule has 0 bridgehead atoms. The zero-order chi connectivity index (χ0) is 23.7. The van der Waals surface area contributed by atoms with Crippen LogP contribution in [0.5, 0.6) is 5.75 Å².